The van der Waals surface area contributed by atoms with Crippen molar-refractivity contribution in [3.05, 3.63) is 29.8 Å². The number of piperidine rings is 4. The first kappa shape index (κ1) is 20.3. The summed E-state index contributed by atoms with van der Waals surface area (Å²) in [4.78, 5) is 5.57. The van der Waals surface area contributed by atoms with Crippen LogP contribution in [0.2, 0.25) is 0 Å². The molecule has 1 N–H and O–H groups in total. The molecule has 0 aromatic heterocycles. The molecule has 4 atom stereocenters. The van der Waals surface area contributed by atoms with Crippen LogP contribution in [0.4, 0.5) is 0 Å². The van der Waals surface area contributed by atoms with Crippen LogP contribution in [0.3, 0.4) is 0 Å². The Morgan fingerprint density at radius 3 is 2.43 bits per heavy atom. The van der Waals surface area contributed by atoms with Crippen molar-refractivity contribution in [2.75, 3.05) is 39.3 Å². The second kappa shape index (κ2) is 8.42. The Kier molecular flexibility index (Phi) is 6.12. The highest BCUT2D eigenvalue weighted by Gasteiger charge is 2.40. The van der Waals surface area contributed by atoms with Gasteiger partial charge in [-0.1, -0.05) is 24.6 Å². The zero-order chi connectivity index (χ0) is 19.7. The van der Waals surface area contributed by atoms with E-state index in [0.29, 0.717) is 17.5 Å². The fourth-order valence-electron chi connectivity index (χ4n) is 5.25. The van der Waals surface area contributed by atoms with Gasteiger partial charge in [-0.25, -0.2) is 13.1 Å². The smallest absolute Gasteiger partial charge is 0.240 e. The van der Waals surface area contributed by atoms with Crippen molar-refractivity contribution >= 4 is 10.0 Å². The van der Waals surface area contributed by atoms with Crippen molar-refractivity contribution in [1.29, 1.82) is 0 Å². The van der Waals surface area contributed by atoms with Crippen LogP contribution in [0.1, 0.15) is 38.2 Å². The molecule has 4 fully saturated rings. The van der Waals surface area contributed by atoms with E-state index >= 15 is 0 Å². The summed E-state index contributed by atoms with van der Waals surface area (Å²) in [5.41, 5.74) is 1.07. The van der Waals surface area contributed by atoms with Crippen molar-refractivity contribution in [3.8, 4) is 0 Å². The Labute approximate surface area is 170 Å². The van der Waals surface area contributed by atoms with Crippen molar-refractivity contribution in [3.63, 3.8) is 0 Å². The van der Waals surface area contributed by atoms with Crippen molar-refractivity contribution < 1.29 is 8.42 Å². The van der Waals surface area contributed by atoms with Gasteiger partial charge in [-0.3, -0.25) is 4.90 Å². The van der Waals surface area contributed by atoms with Gasteiger partial charge in [0.05, 0.1) is 4.90 Å². The fraction of sp³-hybridized carbons (Fsp3) is 0.727. The molecule has 6 heteroatoms. The fourth-order valence-corrected chi connectivity index (χ4v) is 6.32. The zero-order valence-electron chi connectivity index (χ0n) is 17.3. The summed E-state index contributed by atoms with van der Waals surface area (Å²) in [5.74, 6) is 2.39. The molecule has 156 valence electrons. The lowest BCUT2D eigenvalue weighted by atomic mass is 9.75. The summed E-state index contributed by atoms with van der Waals surface area (Å²) in [6.07, 6.45) is 5.08. The van der Waals surface area contributed by atoms with E-state index in [4.69, 9.17) is 0 Å². The van der Waals surface area contributed by atoms with Crippen LogP contribution in [0, 0.1) is 24.7 Å². The summed E-state index contributed by atoms with van der Waals surface area (Å²) in [5, 5.41) is 0. The molecular formula is C22H35N3O2S. The summed E-state index contributed by atoms with van der Waals surface area (Å²) in [6.45, 7) is 10.9. The number of aryl methyl sites for hydroxylation is 1. The highest BCUT2D eigenvalue weighted by molar-refractivity contribution is 7.89. The third kappa shape index (κ3) is 4.61. The zero-order valence-corrected chi connectivity index (χ0v) is 18.1. The Hall–Kier alpha value is -0.950. The summed E-state index contributed by atoms with van der Waals surface area (Å²) >= 11 is 0. The molecule has 1 unspecified atom stereocenters. The highest BCUT2D eigenvalue weighted by atomic mass is 32.2. The average Bonchev–Trinajstić information content (AvgIpc) is 2.69. The van der Waals surface area contributed by atoms with Gasteiger partial charge in [-0.05, 0) is 82.1 Å². The lowest BCUT2D eigenvalue weighted by molar-refractivity contribution is -0.0136. The average molecular weight is 406 g/mol. The van der Waals surface area contributed by atoms with Gasteiger partial charge in [-0.2, -0.15) is 0 Å². The number of benzene rings is 1. The Balaban J connectivity index is 1.30. The molecule has 0 saturated carbocycles. The van der Waals surface area contributed by atoms with Gasteiger partial charge in [-0.15, -0.1) is 0 Å². The van der Waals surface area contributed by atoms with Crippen LogP contribution < -0.4 is 4.72 Å². The lowest BCUT2D eigenvalue weighted by Crippen LogP contribution is -2.58. The first-order valence-corrected chi connectivity index (χ1v) is 12.4. The third-order valence-electron chi connectivity index (χ3n) is 7.22. The number of fused-ring (bicyclic) bond motifs is 3. The van der Waals surface area contributed by atoms with Gasteiger partial charge in [0.2, 0.25) is 10.0 Å². The maximum atomic E-state index is 12.6. The minimum Gasteiger partial charge on any atom is -0.303 e. The van der Waals surface area contributed by atoms with Gasteiger partial charge in [0.25, 0.3) is 0 Å². The van der Waals surface area contributed by atoms with E-state index in [9.17, 15) is 8.42 Å². The molecule has 28 heavy (non-hydrogen) atoms. The quantitative estimate of drug-likeness (QED) is 0.791. The van der Waals surface area contributed by atoms with E-state index in [1.807, 2.05) is 19.1 Å². The van der Waals surface area contributed by atoms with Crippen LogP contribution in [-0.2, 0) is 10.0 Å². The largest absolute Gasteiger partial charge is 0.303 e. The van der Waals surface area contributed by atoms with Crippen LogP contribution in [0.5, 0.6) is 0 Å². The number of likely N-dealkylation sites (tertiary alicyclic amines) is 1. The van der Waals surface area contributed by atoms with Crippen molar-refractivity contribution in [2.45, 2.75) is 50.5 Å². The number of hydrogen-bond acceptors (Lipinski definition) is 4. The Morgan fingerprint density at radius 2 is 1.79 bits per heavy atom. The van der Waals surface area contributed by atoms with Crippen molar-refractivity contribution in [1.82, 2.24) is 14.5 Å². The molecule has 0 spiro atoms. The molecule has 4 saturated heterocycles. The molecule has 5 rings (SSSR count). The second-order valence-electron chi connectivity index (χ2n) is 9.34. The molecule has 2 bridgehead atoms. The van der Waals surface area contributed by atoms with Gasteiger partial charge >= 0.3 is 0 Å². The summed E-state index contributed by atoms with van der Waals surface area (Å²) in [7, 11) is -3.42. The predicted octanol–water partition coefficient (Wildman–Crippen LogP) is 2.72. The van der Waals surface area contributed by atoms with E-state index in [1.165, 1.54) is 38.9 Å². The van der Waals surface area contributed by atoms with Crippen LogP contribution in [0.15, 0.2) is 29.2 Å². The first-order chi connectivity index (χ1) is 13.4. The minimum absolute atomic E-state index is 0.344. The third-order valence-corrected chi connectivity index (χ3v) is 8.66. The monoisotopic (exact) mass is 405 g/mol. The van der Waals surface area contributed by atoms with Gasteiger partial charge in [0, 0.05) is 25.7 Å². The standard InChI is InChI=1S/C22H35N3O2S/c1-17-3-5-22(6-4-17)28(26,27)23-14-21-13-19-9-12-25(21)16-20(19)15-24-10-7-18(2)8-11-24/h3-6,18-21,23H,7-16H2,1-2H3/t19-,20-,21+/m0/s1. The van der Waals surface area contributed by atoms with Gasteiger partial charge in [0.1, 0.15) is 0 Å². The van der Waals surface area contributed by atoms with Crippen molar-refractivity contribution in [2.24, 2.45) is 17.8 Å². The summed E-state index contributed by atoms with van der Waals surface area (Å²) in [6, 6.07) is 7.44. The molecule has 4 aliphatic rings. The van der Waals surface area contributed by atoms with Gasteiger partial charge < -0.3 is 4.90 Å². The molecule has 4 aliphatic heterocycles. The normalized spacial score (nSPS) is 31.9. The van der Waals surface area contributed by atoms with Gasteiger partial charge in [0.15, 0.2) is 0 Å². The molecule has 4 heterocycles. The van der Waals surface area contributed by atoms with Crippen LogP contribution in [-0.4, -0.2) is 63.5 Å². The minimum atomic E-state index is -3.42. The first-order valence-electron chi connectivity index (χ1n) is 10.9. The number of nitrogens with one attached hydrogen (secondary N) is 1. The molecule has 1 aromatic rings. The van der Waals surface area contributed by atoms with E-state index < -0.39 is 10.0 Å². The second-order valence-corrected chi connectivity index (χ2v) is 11.1. The number of rotatable bonds is 6. The van der Waals surface area contributed by atoms with E-state index in [2.05, 4.69) is 21.4 Å². The molecule has 1 aromatic carbocycles. The Morgan fingerprint density at radius 1 is 1.07 bits per heavy atom. The molecular weight excluding hydrogens is 370 g/mol. The SMILES string of the molecule is Cc1ccc(S(=O)(=O)NC[C@H]2C[C@@H]3CCN2C[C@@H]3CN2CCC(C)CC2)cc1. The molecule has 0 aliphatic carbocycles. The Bertz CT molecular complexity index is 756. The lowest BCUT2D eigenvalue weighted by Gasteiger charge is -2.51. The van der Waals surface area contributed by atoms with E-state index in [0.717, 1.165) is 42.8 Å². The van der Waals surface area contributed by atoms with Crippen LogP contribution >= 0.6 is 0 Å². The maximum Gasteiger partial charge on any atom is 0.240 e. The number of hydrogen-bond donors (Lipinski definition) is 1. The molecule has 0 radical (unpaired) electrons. The number of nitrogens with zero attached hydrogens (tertiary/aromatic N) is 2. The maximum absolute atomic E-state index is 12.6. The summed E-state index contributed by atoms with van der Waals surface area (Å²) < 4.78 is 28.1. The highest BCUT2D eigenvalue weighted by Crippen LogP contribution is 2.37. The molecule has 0 amide bonds. The molecule has 5 nitrogen and oxygen atoms in total. The van der Waals surface area contributed by atoms with E-state index in [-0.39, 0.29) is 0 Å². The van der Waals surface area contributed by atoms with E-state index in [1.54, 1.807) is 12.1 Å². The number of sulfonamides is 1. The topological polar surface area (TPSA) is 52.7 Å². The van der Waals surface area contributed by atoms with Crippen LogP contribution in [0.25, 0.3) is 0 Å². The predicted molar refractivity (Wildman–Crippen MR) is 113 cm³/mol.